The Hall–Kier alpha value is -6.97. The fraction of sp³-hybridized carbons (Fsp3) is 0.310. The SMILES string of the molecule is [2H]C([2H])([2H])c1ccc(-c2ccnc(-c3cc(-c4ccccc4)cc(-c4cccc5c4cc(-c4cc(C(C)(C)C)cc(C(C)(C)C)c4O)n5-c4ccc(-c5c(C(C)(CC)CC)cccc5C(C)(CC)CC)cc4C([2H])([2H])[2H])c3)c2)cc1. The molecule has 0 bridgehead atoms. The monoisotopic (exact) mass is 981 g/mol. The first kappa shape index (κ1) is 44.5. The summed E-state index contributed by atoms with van der Waals surface area (Å²) in [4.78, 5) is 4.93. The van der Waals surface area contributed by atoms with Gasteiger partial charge in [0.1, 0.15) is 5.75 Å². The third kappa shape index (κ3) is 9.67. The third-order valence-electron chi connectivity index (χ3n) is 16.5. The van der Waals surface area contributed by atoms with Gasteiger partial charge in [-0.15, -0.1) is 0 Å². The van der Waals surface area contributed by atoms with Gasteiger partial charge >= 0.3 is 0 Å². The van der Waals surface area contributed by atoms with Crippen molar-refractivity contribution >= 4 is 10.9 Å². The second-order valence-electron chi connectivity index (χ2n) is 23.2. The highest BCUT2D eigenvalue weighted by Gasteiger charge is 2.33. The molecule has 0 fully saturated rings. The van der Waals surface area contributed by atoms with Gasteiger partial charge in [0.25, 0.3) is 0 Å². The van der Waals surface area contributed by atoms with Crippen molar-refractivity contribution in [2.75, 3.05) is 0 Å². The summed E-state index contributed by atoms with van der Waals surface area (Å²) in [6.45, 7) is 21.8. The van der Waals surface area contributed by atoms with E-state index in [0.29, 0.717) is 16.9 Å². The molecule has 0 radical (unpaired) electrons. The summed E-state index contributed by atoms with van der Waals surface area (Å²) < 4.78 is 54.3. The van der Waals surface area contributed by atoms with E-state index in [-0.39, 0.29) is 33.1 Å². The predicted molar refractivity (Wildman–Crippen MR) is 318 cm³/mol. The van der Waals surface area contributed by atoms with Gasteiger partial charge in [0.15, 0.2) is 0 Å². The minimum absolute atomic E-state index is 0.154. The van der Waals surface area contributed by atoms with Crippen LogP contribution < -0.4 is 0 Å². The molecule has 3 heteroatoms. The second-order valence-corrected chi connectivity index (χ2v) is 23.2. The van der Waals surface area contributed by atoms with E-state index in [1.165, 1.54) is 11.1 Å². The maximum atomic E-state index is 12.8. The van der Waals surface area contributed by atoms with Crippen molar-refractivity contribution in [3.63, 3.8) is 0 Å². The topological polar surface area (TPSA) is 38.1 Å². The molecule has 0 aliphatic rings. The van der Waals surface area contributed by atoms with E-state index in [0.717, 1.165) is 103 Å². The van der Waals surface area contributed by atoms with E-state index >= 15 is 0 Å². The minimum Gasteiger partial charge on any atom is -0.507 e. The van der Waals surface area contributed by atoms with Crippen LogP contribution in [-0.4, -0.2) is 14.7 Å². The molecular weight excluding hydrogens is 897 g/mol. The first-order chi connectivity index (χ1) is 37.6. The first-order valence-corrected chi connectivity index (χ1v) is 26.7. The van der Waals surface area contributed by atoms with Gasteiger partial charge < -0.3 is 9.67 Å². The molecule has 9 rings (SSSR count). The van der Waals surface area contributed by atoms with Crippen LogP contribution in [0.1, 0.15) is 150 Å². The van der Waals surface area contributed by atoms with Crippen LogP contribution in [0.5, 0.6) is 5.75 Å². The second kappa shape index (κ2) is 20.0. The van der Waals surface area contributed by atoms with E-state index in [9.17, 15) is 9.22 Å². The lowest BCUT2D eigenvalue weighted by Gasteiger charge is -2.36. The largest absolute Gasteiger partial charge is 0.507 e. The lowest BCUT2D eigenvalue weighted by molar-refractivity contribution is 0.426. The molecule has 2 aromatic heterocycles. The van der Waals surface area contributed by atoms with Gasteiger partial charge in [0.2, 0.25) is 0 Å². The Bertz CT molecular complexity index is 3690. The van der Waals surface area contributed by atoms with Gasteiger partial charge in [-0.3, -0.25) is 4.98 Å². The van der Waals surface area contributed by atoms with Gasteiger partial charge in [-0.25, -0.2) is 0 Å². The number of fused-ring (bicyclic) bond motifs is 1. The van der Waals surface area contributed by atoms with Crippen LogP contribution in [0, 0.1) is 13.7 Å². The number of nitrogens with zero attached hydrogens (tertiary/aromatic N) is 2. The quantitative estimate of drug-likeness (QED) is 0.125. The number of aromatic hydroxyl groups is 1. The molecule has 0 spiro atoms. The van der Waals surface area contributed by atoms with Gasteiger partial charge in [-0.2, -0.15) is 0 Å². The fourth-order valence-corrected chi connectivity index (χ4v) is 11.0. The number of hydrogen-bond acceptors (Lipinski definition) is 2. The van der Waals surface area contributed by atoms with Gasteiger partial charge in [0.05, 0.1) is 16.9 Å². The Kier molecular flexibility index (Phi) is 12.1. The maximum absolute atomic E-state index is 12.8. The molecule has 2 heterocycles. The molecule has 0 unspecified atom stereocenters. The molecule has 74 heavy (non-hydrogen) atoms. The zero-order valence-corrected chi connectivity index (χ0v) is 45.8. The molecule has 3 nitrogen and oxygen atoms in total. The van der Waals surface area contributed by atoms with E-state index in [1.54, 1.807) is 18.3 Å². The molecule has 0 atom stereocenters. The van der Waals surface area contributed by atoms with Gasteiger partial charge in [-0.05, 0) is 188 Å². The van der Waals surface area contributed by atoms with Crippen molar-refractivity contribution in [2.45, 2.75) is 144 Å². The number of hydrogen-bond donors (Lipinski definition) is 1. The van der Waals surface area contributed by atoms with Crippen LogP contribution >= 0.6 is 0 Å². The number of aromatic nitrogens is 2. The summed E-state index contributed by atoms with van der Waals surface area (Å²) in [5.41, 5.74) is 15.7. The summed E-state index contributed by atoms with van der Waals surface area (Å²) in [5.74, 6) is 0.158. The van der Waals surface area contributed by atoms with Crippen molar-refractivity contribution in [1.82, 2.24) is 9.55 Å². The summed E-state index contributed by atoms with van der Waals surface area (Å²) in [7, 11) is 0. The molecule has 1 N–H and O–H groups in total. The minimum atomic E-state index is -2.55. The van der Waals surface area contributed by atoms with Crippen molar-refractivity contribution in [3.8, 4) is 78.5 Å². The lowest BCUT2D eigenvalue weighted by atomic mass is 9.68. The zero-order chi connectivity index (χ0) is 57.9. The number of phenols is 1. The molecule has 0 aliphatic carbocycles. The predicted octanol–water partition coefficient (Wildman–Crippen LogP) is 20.1. The molecular formula is C71H78N2O. The van der Waals surface area contributed by atoms with Crippen LogP contribution in [0.4, 0.5) is 0 Å². The van der Waals surface area contributed by atoms with Gasteiger partial charge in [-0.1, -0.05) is 186 Å². The van der Waals surface area contributed by atoms with Crippen molar-refractivity contribution < 1.29 is 13.3 Å². The Balaban J connectivity index is 1.36. The Morgan fingerprint density at radius 2 is 1.11 bits per heavy atom. The van der Waals surface area contributed by atoms with E-state index in [1.807, 2.05) is 60.7 Å². The van der Waals surface area contributed by atoms with Crippen LogP contribution in [0.2, 0.25) is 0 Å². The van der Waals surface area contributed by atoms with E-state index < -0.39 is 19.1 Å². The van der Waals surface area contributed by atoms with Crippen LogP contribution in [-0.2, 0) is 21.7 Å². The van der Waals surface area contributed by atoms with E-state index in [4.69, 9.17) is 9.10 Å². The Morgan fingerprint density at radius 3 is 1.73 bits per heavy atom. The highest BCUT2D eigenvalue weighted by molar-refractivity contribution is 6.02. The zero-order valence-electron chi connectivity index (χ0n) is 51.8. The van der Waals surface area contributed by atoms with E-state index in [2.05, 4.69) is 173 Å². The average molecular weight is 981 g/mol. The average Bonchev–Trinajstić information content (AvgIpc) is 3.88. The van der Waals surface area contributed by atoms with Crippen molar-refractivity contribution in [3.05, 3.63) is 197 Å². The van der Waals surface area contributed by atoms with Crippen molar-refractivity contribution in [2.24, 2.45) is 0 Å². The summed E-state index contributed by atoms with van der Waals surface area (Å²) in [6, 6.07) is 53.2. The van der Waals surface area contributed by atoms with Crippen molar-refractivity contribution in [1.29, 1.82) is 0 Å². The van der Waals surface area contributed by atoms with Crippen LogP contribution in [0.3, 0.4) is 0 Å². The number of rotatable bonds is 13. The number of pyridine rings is 1. The molecule has 0 aliphatic heterocycles. The maximum Gasteiger partial charge on any atom is 0.128 e. The van der Waals surface area contributed by atoms with Crippen LogP contribution in [0.25, 0.3) is 83.6 Å². The standard InChI is InChI=1S/C71H78N2O/c1-15-70(13,16-2)59-27-23-28-60(71(14,17-3)18-4)66(59)51-34-35-63(47(6)38-51)73-64-29-22-26-56(57(64)45-65(73)58-43-55(68(7,8)9)44-61(67(58)74)69(10,11)12)53-39-52(48-24-20-19-21-25-48)40-54(41-53)62-42-50(36-37-72-62)49-32-30-46(5)31-33-49/h19-45,74H,15-18H2,1-14H3/i5D3,6D3. The molecule has 0 amide bonds. The Morgan fingerprint density at radius 1 is 0.486 bits per heavy atom. The molecule has 7 aromatic carbocycles. The van der Waals surface area contributed by atoms with Crippen LogP contribution in [0.15, 0.2) is 164 Å². The first-order valence-electron chi connectivity index (χ1n) is 29.7. The highest BCUT2D eigenvalue weighted by Crippen LogP contribution is 2.49. The molecule has 9 aromatic rings. The molecule has 0 saturated carbocycles. The number of benzene rings is 7. The Labute approximate surface area is 451 Å². The summed E-state index contributed by atoms with van der Waals surface area (Å²) in [5, 5.41) is 13.7. The smallest absolute Gasteiger partial charge is 0.128 e. The number of phenolic OH excluding ortho intramolecular Hbond substituents is 1. The normalized spacial score (nSPS) is 14.0. The lowest BCUT2D eigenvalue weighted by Crippen LogP contribution is -2.25. The highest BCUT2D eigenvalue weighted by atomic mass is 16.3. The third-order valence-corrected chi connectivity index (χ3v) is 16.5. The summed E-state index contributed by atoms with van der Waals surface area (Å²) >= 11 is 0. The fourth-order valence-electron chi connectivity index (χ4n) is 11.0. The summed E-state index contributed by atoms with van der Waals surface area (Å²) in [6.07, 6.45) is 5.50. The number of aryl methyl sites for hydroxylation is 2. The molecule has 378 valence electrons. The molecule has 0 saturated heterocycles. The van der Waals surface area contributed by atoms with Gasteiger partial charge in [0, 0.05) is 42.2 Å².